The maximum atomic E-state index is 5.34. The van der Waals surface area contributed by atoms with E-state index < -0.39 is 0 Å². The van der Waals surface area contributed by atoms with E-state index in [4.69, 9.17) is 4.74 Å². The van der Waals surface area contributed by atoms with Gasteiger partial charge in [-0.25, -0.2) is 0 Å². The van der Waals surface area contributed by atoms with Crippen molar-refractivity contribution in [3.05, 3.63) is 29.8 Å². The number of aryl methyl sites for hydroxylation is 1. The molecule has 144 valence electrons. The Morgan fingerprint density at radius 3 is 2.40 bits per heavy atom. The van der Waals surface area contributed by atoms with Gasteiger partial charge in [0.05, 0.1) is 0 Å². The van der Waals surface area contributed by atoms with Crippen LogP contribution in [-0.4, -0.2) is 52.9 Å². The number of nitrogens with zero attached hydrogens (tertiary/aromatic N) is 2. The fourth-order valence-electron chi connectivity index (χ4n) is 2.30. The summed E-state index contributed by atoms with van der Waals surface area (Å²) in [5.74, 6) is 0.900. The molecule has 0 aliphatic heterocycles. The molecule has 0 aliphatic carbocycles. The maximum Gasteiger partial charge on any atom is 0.191 e. The molecule has 1 aromatic rings. The van der Waals surface area contributed by atoms with Crippen LogP contribution in [-0.2, 0) is 11.2 Å². The number of hydrogen-bond donors (Lipinski definition) is 2. The van der Waals surface area contributed by atoms with Gasteiger partial charge >= 0.3 is 0 Å². The predicted molar refractivity (Wildman–Crippen MR) is 120 cm³/mol. The van der Waals surface area contributed by atoms with Crippen LogP contribution in [0, 0.1) is 0 Å². The van der Waals surface area contributed by atoms with Crippen molar-refractivity contribution in [2.75, 3.05) is 51.8 Å². The van der Waals surface area contributed by atoms with Gasteiger partial charge in [-0.1, -0.05) is 12.1 Å². The van der Waals surface area contributed by atoms with Crippen LogP contribution < -0.4 is 15.5 Å². The average molecular weight is 462 g/mol. The van der Waals surface area contributed by atoms with Crippen molar-refractivity contribution in [2.24, 2.45) is 4.99 Å². The molecule has 0 saturated heterocycles. The van der Waals surface area contributed by atoms with Crippen molar-refractivity contribution in [3.8, 4) is 0 Å². The lowest BCUT2D eigenvalue weighted by atomic mass is 10.1. The van der Waals surface area contributed by atoms with Gasteiger partial charge in [0.25, 0.3) is 0 Å². The van der Waals surface area contributed by atoms with Crippen LogP contribution >= 0.6 is 24.0 Å². The molecular formula is C19H35IN4O. The quantitative estimate of drug-likeness (QED) is 0.229. The van der Waals surface area contributed by atoms with Crippen LogP contribution in [0.3, 0.4) is 0 Å². The fourth-order valence-corrected chi connectivity index (χ4v) is 2.30. The zero-order chi connectivity index (χ0) is 17.6. The highest BCUT2D eigenvalue weighted by atomic mass is 127. The van der Waals surface area contributed by atoms with Crippen LogP contribution in [0.2, 0.25) is 0 Å². The molecule has 6 heteroatoms. The summed E-state index contributed by atoms with van der Waals surface area (Å²) >= 11 is 0. The summed E-state index contributed by atoms with van der Waals surface area (Å²) < 4.78 is 5.34. The monoisotopic (exact) mass is 462 g/mol. The normalized spacial score (nSPS) is 11.0. The minimum atomic E-state index is 0. The second-order valence-corrected chi connectivity index (χ2v) is 5.90. The molecule has 0 heterocycles. The summed E-state index contributed by atoms with van der Waals surface area (Å²) in [6, 6.07) is 8.75. The van der Waals surface area contributed by atoms with E-state index in [1.54, 1.807) is 0 Å². The largest absolute Gasteiger partial charge is 0.382 e. The SMILES string of the molecule is CCNC(=NCCCc1ccc(N(C)C)cc1)NCCCOCC.I. The van der Waals surface area contributed by atoms with E-state index in [1.807, 2.05) is 6.92 Å². The van der Waals surface area contributed by atoms with Gasteiger partial charge in [-0.05, 0) is 50.8 Å². The Kier molecular flexibility index (Phi) is 14.6. The third-order valence-electron chi connectivity index (χ3n) is 3.65. The van der Waals surface area contributed by atoms with E-state index >= 15 is 0 Å². The van der Waals surface area contributed by atoms with Crippen molar-refractivity contribution in [1.29, 1.82) is 0 Å². The molecule has 0 saturated carbocycles. The van der Waals surface area contributed by atoms with Gasteiger partial charge < -0.3 is 20.3 Å². The summed E-state index contributed by atoms with van der Waals surface area (Å²) in [6.45, 7) is 8.28. The van der Waals surface area contributed by atoms with Gasteiger partial charge in [0, 0.05) is 52.6 Å². The topological polar surface area (TPSA) is 48.9 Å². The second-order valence-electron chi connectivity index (χ2n) is 5.90. The molecule has 0 fully saturated rings. The molecule has 0 aromatic heterocycles. The van der Waals surface area contributed by atoms with E-state index in [1.165, 1.54) is 11.3 Å². The van der Waals surface area contributed by atoms with Crippen LogP contribution in [0.25, 0.3) is 0 Å². The predicted octanol–water partition coefficient (Wildman–Crippen LogP) is 3.28. The first-order chi connectivity index (χ1) is 11.7. The molecule has 0 aliphatic rings. The van der Waals surface area contributed by atoms with Gasteiger partial charge in [-0.3, -0.25) is 4.99 Å². The fraction of sp³-hybridized carbons (Fsp3) is 0.632. The van der Waals surface area contributed by atoms with Gasteiger partial charge in [-0.2, -0.15) is 0 Å². The smallest absolute Gasteiger partial charge is 0.191 e. The van der Waals surface area contributed by atoms with Crippen LogP contribution in [0.4, 0.5) is 5.69 Å². The number of nitrogens with one attached hydrogen (secondary N) is 2. The molecule has 1 rings (SSSR count). The van der Waals surface area contributed by atoms with E-state index in [0.717, 1.165) is 58.1 Å². The summed E-state index contributed by atoms with van der Waals surface area (Å²) in [5.41, 5.74) is 2.60. The first-order valence-electron chi connectivity index (χ1n) is 9.03. The Hall–Kier alpha value is -1.02. The maximum absolute atomic E-state index is 5.34. The van der Waals surface area contributed by atoms with Crippen LogP contribution in [0.1, 0.15) is 32.3 Å². The molecule has 1 aromatic carbocycles. The van der Waals surface area contributed by atoms with Crippen LogP contribution in [0.15, 0.2) is 29.3 Å². The average Bonchev–Trinajstić information content (AvgIpc) is 2.58. The lowest BCUT2D eigenvalue weighted by Gasteiger charge is -2.13. The third-order valence-corrected chi connectivity index (χ3v) is 3.65. The zero-order valence-electron chi connectivity index (χ0n) is 16.2. The zero-order valence-corrected chi connectivity index (χ0v) is 18.5. The van der Waals surface area contributed by atoms with Gasteiger partial charge in [0.1, 0.15) is 0 Å². The molecular weight excluding hydrogens is 427 g/mol. The number of anilines is 1. The number of benzene rings is 1. The van der Waals surface area contributed by atoms with Crippen molar-refractivity contribution >= 4 is 35.6 Å². The Morgan fingerprint density at radius 1 is 1.08 bits per heavy atom. The minimum absolute atomic E-state index is 0. The molecule has 5 nitrogen and oxygen atoms in total. The number of aliphatic imine (C=N–C) groups is 1. The molecule has 0 atom stereocenters. The molecule has 0 bridgehead atoms. The Balaban J connectivity index is 0.00000576. The standard InChI is InChI=1S/C19H34N4O.HI/c1-5-20-19(22-15-8-16-24-6-2)21-14-7-9-17-10-12-18(13-11-17)23(3)4;/h10-13H,5-9,14-16H2,1-4H3,(H2,20,21,22);1H. The number of rotatable bonds is 11. The highest BCUT2D eigenvalue weighted by Gasteiger charge is 1.98. The highest BCUT2D eigenvalue weighted by molar-refractivity contribution is 14.0. The van der Waals surface area contributed by atoms with Gasteiger partial charge in [0.2, 0.25) is 0 Å². The first-order valence-corrected chi connectivity index (χ1v) is 9.03. The Labute approximate surface area is 170 Å². The molecule has 0 amide bonds. The lowest BCUT2D eigenvalue weighted by molar-refractivity contribution is 0.145. The minimum Gasteiger partial charge on any atom is -0.382 e. The third kappa shape index (κ3) is 11.3. The Morgan fingerprint density at radius 2 is 1.80 bits per heavy atom. The summed E-state index contributed by atoms with van der Waals surface area (Å²) in [4.78, 5) is 6.76. The van der Waals surface area contributed by atoms with Crippen molar-refractivity contribution < 1.29 is 4.74 Å². The summed E-state index contributed by atoms with van der Waals surface area (Å²) in [5, 5.41) is 6.64. The van der Waals surface area contributed by atoms with Crippen molar-refractivity contribution in [2.45, 2.75) is 33.1 Å². The van der Waals surface area contributed by atoms with Crippen LogP contribution in [0.5, 0.6) is 0 Å². The number of ether oxygens (including phenoxy) is 1. The van der Waals surface area contributed by atoms with E-state index in [2.05, 4.69) is 65.8 Å². The Bertz CT molecular complexity index is 463. The second kappa shape index (κ2) is 15.3. The van der Waals surface area contributed by atoms with E-state index in [0.29, 0.717) is 0 Å². The van der Waals surface area contributed by atoms with E-state index in [-0.39, 0.29) is 24.0 Å². The molecule has 0 unspecified atom stereocenters. The molecule has 0 spiro atoms. The number of hydrogen-bond acceptors (Lipinski definition) is 3. The van der Waals surface area contributed by atoms with E-state index in [9.17, 15) is 0 Å². The highest BCUT2D eigenvalue weighted by Crippen LogP contribution is 2.13. The van der Waals surface area contributed by atoms with Crippen molar-refractivity contribution in [1.82, 2.24) is 10.6 Å². The number of guanidine groups is 1. The lowest BCUT2D eigenvalue weighted by Crippen LogP contribution is -2.38. The molecule has 0 radical (unpaired) electrons. The molecule has 25 heavy (non-hydrogen) atoms. The first kappa shape index (κ1) is 24.0. The summed E-state index contributed by atoms with van der Waals surface area (Å²) in [7, 11) is 4.13. The number of halogens is 1. The van der Waals surface area contributed by atoms with Gasteiger partial charge in [0.15, 0.2) is 5.96 Å². The molecule has 2 N–H and O–H groups in total. The summed E-state index contributed by atoms with van der Waals surface area (Å²) in [6.07, 6.45) is 3.11. The van der Waals surface area contributed by atoms with Gasteiger partial charge in [-0.15, -0.1) is 24.0 Å². The van der Waals surface area contributed by atoms with Crippen molar-refractivity contribution in [3.63, 3.8) is 0 Å².